The molecule has 0 bridgehead atoms. The molecule has 7 heteroatoms. The van der Waals surface area contributed by atoms with Gasteiger partial charge in [-0.3, -0.25) is 4.79 Å². The van der Waals surface area contributed by atoms with Gasteiger partial charge < -0.3 is 14.4 Å². The van der Waals surface area contributed by atoms with E-state index in [9.17, 15) is 9.59 Å². The third-order valence-corrected chi connectivity index (χ3v) is 5.40. The van der Waals surface area contributed by atoms with E-state index in [4.69, 9.17) is 33.0 Å². The van der Waals surface area contributed by atoms with Crippen LogP contribution in [0.25, 0.3) is 12.2 Å². The molecule has 0 saturated carbocycles. The van der Waals surface area contributed by atoms with Crippen LogP contribution in [-0.2, 0) is 13.0 Å². The van der Waals surface area contributed by atoms with E-state index in [1.807, 2.05) is 37.3 Å². The van der Waals surface area contributed by atoms with E-state index in [0.717, 1.165) is 23.3 Å². The summed E-state index contributed by atoms with van der Waals surface area (Å²) in [5.74, 6) is -0.204. The highest BCUT2D eigenvalue weighted by Gasteiger charge is 2.11. The first-order valence-corrected chi connectivity index (χ1v) is 11.0. The average Bonchev–Trinajstić information content (AvgIpc) is 2.79. The maximum atomic E-state index is 12.7. The number of halogens is 2. The van der Waals surface area contributed by atoms with E-state index in [-0.39, 0.29) is 16.1 Å². The summed E-state index contributed by atoms with van der Waals surface area (Å²) in [5.41, 5.74) is 2.23. The second kappa shape index (κ2) is 11.0. The molecule has 0 spiro atoms. The van der Waals surface area contributed by atoms with Gasteiger partial charge in [0.25, 0.3) is 5.56 Å². The Kier molecular flexibility index (Phi) is 8.14. The Balaban J connectivity index is 1.86. The highest BCUT2D eigenvalue weighted by atomic mass is 35.5. The molecule has 0 saturated heterocycles. The number of benzene rings is 2. The molecule has 1 aromatic heterocycles. The molecule has 166 valence electrons. The number of hydrogen-bond acceptors (Lipinski definition) is 3. The number of aromatic carboxylic acids is 1. The first kappa shape index (κ1) is 23.6. The van der Waals surface area contributed by atoms with Gasteiger partial charge >= 0.3 is 5.97 Å². The predicted molar refractivity (Wildman–Crippen MR) is 129 cm³/mol. The zero-order valence-electron chi connectivity index (χ0n) is 17.6. The van der Waals surface area contributed by atoms with Gasteiger partial charge in [-0.2, -0.15) is 0 Å². The maximum absolute atomic E-state index is 12.7. The molecule has 32 heavy (non-hydrogen) atoms. The van der Waals surface area contributed by atoms with Crippen molar-refractivity contribution in [3.05, 3.63) is 97.4 Å². The minimum absolute atomic E-state index is 0.0448. The van der Waals surface area contributed by atoms with Gasteiger partial charge in [-0.25, -0.2) is 4.79 Å². The standard InChI is InChI=1S/C25H23Cl2NO4/c1-2-14-32-20-5-3-4-18(15-20)8-11-23-21(26)16-22(27)24(29)28(23)13-12-17-6-9-19(10-7-17)25(30)31/h3-11,15-16H,2,12-14H2,1H3,(H,30,31)/b11-8+. The third-order valence-electron chi connectivity index (χ3n) is 4.83. The summed E-state index contributed by atoms with van der Waals surface area (Å²) in [6.45, 7) is 3.03. The maximum Gasteiger partial charge on any atom is 0.335 e. The van der Waals surface area contributed by atoms with Gasteiger partial charge in [0.1, 0.15) is 10.8 Å². The van der Waals surface area contributed by atoms with Crippen molar-refractivity contribution in [3.8, 4) is 5.75 Å². The molecule has 0 atom stereocenters. The van der Waals surface area contributed by atoms with E-state index >= 15 is 0 Å². The Labute approximate surface area is 196 Å². The highest BCUT2D eigenvalue weighted by molar-refractivity contribution is 6.35. The van der Waals surface area contributed by atoms with E-state index in [0.29, 0.717) is 30.3 Å². The predicted octanol–water partition coefficient (Wildman–Crippen LogP) is 6.06. The topological polar surface area (TPSA) is 68.5 Å². The Morgan fingerprint density at radius 2 is 1.81 bits per heavy atom. The summed E-state index contributed by atoms with van der Waals surface area (Å²) in [6.07, 6.45) is 5.08. The molecule has 0 fully saturated rings. The molecule has 0 aliphatic heterocycles. The Hall–Kier alpha value is -3.02. The van der Waals surface area contributed by atoms with Crippen molar-refractivity contribution in [2.75, 3.05) is 6.61 Å². The summed E-state index contributed by atoms with van der Waals surface area (Å²) in [7, 11) is 0. The molecule has 0 unspecified atom stereocenters. The van der Waals surface area contributed by atoms with Crippen molar-refractivity contribution in [1.82, 2.24) is 4.57 Å². The average molecular weight is 472 g/mol. The molecule has 0 aliphatic carbocycles. The molecule has 0 radical (unpaired) electrons. The lowest BCUT2D eigenvalue weighted by Gasteiger charge is -2.13. The second-order valence-electron chi connectivity index (χ2n) is 7.19. The van der Waals surface area contributed by atoms with Crippen LogP contribution in [0.15, 0.2) is 59.4 Å². The number of carboxylic acid groups (broad SMARTS) is 1. The van der Waals surface area contributed by atoms with Gasteiger partial charge in [-0.05, 0) is 60.4 Å². The number of ether oxygens (including phenoxy) is 1. The zero-order valence-corrected chi connectivity index (χ0v) is 19.1. The summed E-state index contributed by atoms with van der Waals surface area (Å²) >= 11 is 12.5. The van der Waals surface area contributed by atoms with Crippen molar-refractivity contribution < 1.29 is 14.6 Å². The SMILES string of the molecule is CCCOc1cccc(/C=C/c2c(Cl)cc(Cl)c(=O)n2CCc2ccc(C(=O)O)cc2)c1. The quantitative estimate of drug-likeness (QED) is 0.411. The summed E-state index contributed by atoms with van der Waals surface area (Å²) < 4.78 is 7.20. The largest absolute Gasteiger partial charge is 0.494 e. The summed E-state index contributed by atoms with van der Waals surface area (Å²) in [6, 6.07) is 15.7. The van der Waals surface area contributed by atoms with Gasteiger partial charge in [0.2, 0.25) is 0 Å². The number of nitrogens with zero attached hydrogens (tertiary/aromatic N) is 1. The smallest absolute Gasteiger partial charge is 0.335 e. The van der Waals surface area contributed by atoms with Gasteiger partial charge in [0, 0.05) is 6.54 Å². The lowest BCUT2D eigenvalue weighted by Crippen LogP contribution is -2.24. The van der Waals surface area contributed by atoms with Crippen LogP contribution in [0.3, 0.4) is 0 Å². The van der Waals surface area contributed by atoms with Crippen LogP contribution in [0.5, 0.6) is 5.75 Å². The fraction of sp³-hybridized carbons (Fsp3) is 0.200. The number of carbonyl (C=O) groups is 1. The van der Waals surface area contributed by atoms with Gasteiger partial charge in [-0.15, -0.1) is 0 Å². The van der Waals surface area contributed by atoms with Crippen LogP contribution in [0, 0.1) is 0 Å². The van der Waals surface area contributed by atoms with Gasteiger partial charge in [-0.1, -0.05) is 60.5 Å². The monoisotopic (exact) mass is 471 g/mol. The zero-order chi connectivity index (χ0) is 23.1. The summed E-state index contributed by atoms with van der Waals surface area (Å²) in [5, 5.41) is 9.45. The number of aryl methyl sites for hydroxylation is 1. The normalized spacial score (nSPS) is 11.1. The number of pyridine rings is 1. The molecule has 3 aromatic rings. The number of hydrogen-bond donors (Lipinski definition) is 1. The van der Waals surface area contributed by atoms with E-state index < -0.39 is 5.97 Å². The van der Waals surface area contributed by atoms with Crippen molar-refractivity contribution >= 4 is 41.3 Å². The first-order valence-electron chi connectivity index (χ1n) is 10.2. The fourth-order valence-electron chi connectivity index (χ4n) is 3.16. The lowest BCUT2D eigenvalue weighted by molar-refractivity contribution is 0.0697. The van der Waals surface area contributed by atoms with Crippen LogP contribution in [0.2, 0.25) is 10.0 Å². The van der Waals surface area contributed by atoms with Crippen molar-refractivity contribution in [3.63, 3.8) is 0 Å². The lowest BCUT2D eigenvalue weighted by atomic mass is 10.1. The molecule has 0 aliphatic rings. The molecule has 3 rings (SSSR count). The van der Waals surface area contributed by atoms with Crippen molar-refractivity contribution in [1.29, 1.82) is 0 Å². The van der Waals surface area contributed by atoms with E-state index in [1.165, 1.54) is 10.6 Å². The molecule has 2 aromatic carbocycles. The fourth-order valence-corrected chi connectivity index (χ4v) is 3.70. The molecule has 5 nitrogen and oxygen atoms in total. The van der Waals surface area contributed by atoms with E-state index in [2.05, 4.69) is 0 Å². The van der Waals surface area contributed by atoms with Gasteiger partial charge in [0.05, 0.1) is 22.9 Å². The summed E-state index contributed by atoms with van der Waals surface area (Å²) in [4.78, 5) is 23.8. The van der Waals surface area contributed by atoms with Crippen molar-refractivity contribution in [2.45, 2.75) is 26.3 Å². The number of aromatic nitrogens is 1. The second-order valence-corrected chi connectivity index (χ2v) is 8.00. The minimum atomic E-state index is -0.981. The van der Waals surface area contributed by atoms with E-state index in [1.54, 1.807) is 30.3 Å². The molecule has 1 N–H and O–H groups in total. The van der Waals surface area contributed by atoms with Crippen molar-refractivity contribution in [2.24, 2.45) is 0 Å². The van der Waals surface area contributed by atoms with Crippen LogP contribution >= 0.6 is 23.2 Å². The van der Waals surface area contributed by atoms with Gasteiger partial charge in [0.15, 0.2) is 0 Å². The van der Waals surface area contributed by atoms with Crippen LogP contribution in [0.4, 0.5) is 0 Å². The molecular formula is C25H23Cl2NO4. The third kappa shape index (κ3) is 6.02. The Bertz CT molecular complexity index is 1180. The highest BCUT2D eigenvalue weighted by Crippen LogP contribution is 2.22. The minimum Gasteiger partial charge on any atom is -0.494 e. The first-order chi connectivity index (χ1) is 15.4. The van der Waals surface area contributed by atoms with Crippen LogP contribution in [-0.4, -0.2) is 22.2 Å². The molecule has 0 amide bonds. The Morgan fingerprint density at radius 1 is 1.06 bits per heavy atom. The van der Waals surface area contributed by atoms with Crippen LogP contribution in [0.1, 0.15) is 40.5 Å². The number of carboxylic acids is 1. The Morgan fingerprint density at radius 3 is 2.50 bits per heavy atom. The number of rotatable bonds is 9. The molecule has 1 heterocycles. The molecular weight excluding hydrogens is 449 g/mol. The van der Waals surface area contributed by atoms with Crippen LogP contribution < -0.4 is 10.3 Å².